The van der Waals surface area contributed by atoms with Crippen molar-refractivity contribution in [2.45, 2.75) is 31.6 Å². The molecule has 22 heavy (non-hydrogen) atoms. The van der Waals surface area contributed by atoms with Gasteiger partial charge in [0.1, 0.15) is 12.2 Å². The van der Waals surface area contributed by atoms with Crippen molar-refractivity contribution in [1.82, 2.24) is 5.32 Å². The lowest BCUT2D eigenvalue weighted by atomic mass is 10.1. The minimum Gasteiger partial charge on any atom is -0.367 e. The summed E-state index contributed by atoms with van der Waals surface area (Å²) < 4.78 is 5.36. The van der Waals surface area contributed by atoms with Gasteiger partial charge < -0.3 is 15.8 Å². The number of carbonyl (C=O) groups excluding carboxylic acids is 2. The molecular formula is C17H18N2O3. The van der Waals surface area contributed by atoms with E-state index in [0.29, 0.717) is 19.4 Å². The number of nitrogens with one attached hydrogen (secondary N) is 1. The first-order chi connectivity index (χ1) is 10.6. The highest BCUT2D eigenvalue weighted by Crippen LogP contribution is 2.20. The summed E-state index contributed by atoms with van der Waals surface area (Å²) >= 11 is 0. The fraction of sp³-hybridized carbons (Fsp3) is 0.294. The molecule has 3 rings (SSSR count). The van der Waals surface area contributed by atoms with Gasteiger partial charge >= 0.3 is 0 Å². The van der Waals surface area contributed by atoms with Crippen molar-refractivity contribution >= 4 is 22.6 Å². The number of hydrogen-bond acceptors (Lipinski definition) is 3. The van der Waals surface area contributed by atoms with E-state index in [9.17, 15) is 9.59 Å². The molecule has 0 bridgehead atoms. The largest absolute Gasteiger partial charge is 0.367 e. The number of nitrogens with two attached hydrogens (primary N) is 1. The van der Waals surface area contributed by atoms with Gasteiger partial charge in [0.25, 0.3) is 0 Å². The van der Waals surface area contributed by atoms with Crippen molar-refractivity contribution in [2.24, 2.45) is 5.73 Å². The third-order valence-electron chi connectivity index (χ3n) is 3.91. The highest BCUT2D eigenvalue weighted by atomic mass is 16.5. The Hall–Kier alpha value is -2.40. The lowest BCUT2D eigenvalue weighted by Gasteiger charge is -2.12. The van der Waals surface area contributed by atoms with Crippen molar-refractivity contribution in [1.29, 1.82) is 0 Å². The maximum Gasteiger partial charge on any atom is 0.249 e. The van der Waals surface area contributed by atoms with E-state index < -0.39 is 18.1 Å². The average Bonchev–Trinajstić information content (AvgIpc) is 3.03. The second-order valence-corrected chi connectivity index (χ2v) is 5.49. The van der Waals surface area contributed by atoms with Gasteiger partial charge in [-0.25, -0.2) is 0 Å². The van der Waals surface area contributed by atoms with Gasteiger partial charge in [0.2, 0.25) is 11.8 Å². The number of carbonyl (C=O) groups is 2. The molecular weight excluding hydrogens is 280 g/mol. The van der Waals surface area contributed by atoms with Crippen LogP contribution in [0.15, 0.2) is 42.5 Å². The summed E-state index contributed by atoms with van der Waals surface area (Å²) in [5.41, 5.74) is 6.21. The zero-order valence-electron chi connectivity index (χ0n) is 12.1. The molecule has 0 aromatic heterocycles. The van der Waals surface area contributed by atoms with Crippen molar-refractivity contribution in [3.05, 3.63) is 48.0 Å². The topological polar surface area (TPSA) is 81.4 Å². The lowest BCUT2D eigenvalue weighted by molar-refractivity contribution is -0.137. The summed E-state index contributed by atoms with van der Waals surface area (Å²) in [5, 5.41) is 5.16. The van der Waals surface area contributed by atoms with Crippen LogP contribution < -0.4 is 11.1 Å². The predicted molar refractivity (Wildman–Crippen MR) is 82.9 cm³/mol. The van der Waals surface area contributed by atoms with Crippen molar-refractivity contribution in [3.63, 3.8) is 0 Å². The minimum absolute atomic E-state index is 0.197. The number of rotatable bonds is 4. The average molecular weight is 298 g/mol. The molecule has 2 aromatic rings. The fourth-order valence-electron chi connectivity index (χ4n) is 2.69. The molecule has 0 aliphatic carbocycles. The van der Waals surface area contributed by atoms with Crippen molar-refractivity contribution in [3.8, 4) is 0 Å². The van der Waals surface area contributed by atoms with Crippen LogP contribution in [-0.2, 0) is 20.9 Å². The SMILES string of the molecule is NC(=O)[C@H]1CC[C@H](C(=O)NCc2ccc3ccccc3c2)O1. The van der Waals surface area contributed by atoms with Gasteiger partial charge in [-0.1, -0.05) is 36.4 Å². The summed E-state index contributed by atoms with van der Waals surface area (Å²) in [6.45, 7) is 0.435. The van der Waals surface area contributed by atoms with E-state index in [1.165, 1.54) is 5.39 Å². The number of fused-ring (bicyclic) bond motifs is 1. The number of ether oxygens (including phenoxy) is 1. The smallest absolute Gasteiger partial charge is 0.249 e. The minimum atomic E-state index is -0.642. The summed E-state index contributed by atoms with van der Waals surface area (Å²) in [7, 11) is 0. The van der Waals surface area contributed by atoms with Crippen LogP contribution in [-0.4, -0.2) is 24.0 Å². The van der Waals surface area contributed by atoms with E-state index in [4.69, 9.17) is 10.5 Å². The lowest BCUT2D eigenvalue weighted by Crippen LogP contribution is -2.36. The molecule has 2 atom stereocenters. The van der Waals surface area contributed by atoms with Crippen molar-refractivity contribution in [2.75, 3.05) is 0 Å². The highest BCUT2D eigenvalue weighted by molar-refractivity contribution is 5.85. The Morgan fingerprint density at radius 1 is 1.09 bits per heavy atom. The summed E-state index contributed by atoms with van der Waals surface area (Å²) in [6.07, 6.45) is -0.199. The predicted octanol–water partition coefficient (Wildman–Crippen LogP) is 1.49. The molecule has 0 spiro atoms. The van der Waals surface area contributed by atoms with Gasteiger partial charge in [0.15, 0.2) is 0 Å². The Morgan fingerprint density at radius 3 is 2.55 bits per heavy atom. The van der Waals surface area contributed by atoms with Crippen LogP contribution in [0, 0.1) is 0 Å². The summed E-state index contributed by atoms with van der Waals surface area (Å²) in [6, 6.07) is 14.2. The van der Waals surface area contributed by atoms with Crippen LogP contribution in [0.3, 0.4) is 0 Å². The molecule has 0 saturated carbocycles. The molecule has 0 radical (unpaired) electrons. The molecule has 3 N–H and O–H groups in total. The van der Waals surface area contributed by atoms with Gasteiger partial charge in [0.05, 0.1) is 0 Å². The molecule has 5 heteroatoms. The third-order valence-corrected chi connectivity index (χ3v) is 3.91. The molecule has 5 nitrogen and oxygen atoms in total. The molecule has 114 valence electrons. The van der Waals surface area contributed by atoms with E-state index >= 15 is 0 Å². The Bertz CT molecular complexity index is 714. The molecule has 1 aliphatic heterocycles. The third kappa shape index (κ3) is 3.09. The van der Waals surface area contributed by atoms with Crippen LogP contribution >= 0.6 is 0 Å². The maximum atomic E-state index is 12.1. The molecule has 1 saturated heterocycles. The van der Waals surface area contributed by atoms with E-state index in [2.05, 4.69) is 11.4 Å². The zero-order chi connectivity index (χ0) is 15.5. The normalized spacial score (nSPS) is 20.9. The molecule has 2 aromatic carbocycles. The second-order valence-electron chi connectivity index (χ2n) is 5.49. The van der Waals surface area contributed by atoms with E-state index in [1.54, 1.807) is 0 Å². The highest BCUT2D eigenvalue weighted by Gasteiger charge is 2.33. The van der Waals surface area contributed by atoms with E-state index in [-0.39, 0.29) is 5.91 Å². The van der Waals surface area contributed by atoms with Gasteiger partial charge in [-0.15, -0.1) is 0 Å². The van der Waals surface area contributed by atoms with Gasteiger partial charge in [-0.2, -0.15) is 0 Å². The Kier molecular flexibility index (Phi) is 4.06. The Morgan fingerprint density at radius 2 is 1.82 bits per heavy atom. The van der Waals surface area contributed by atoms with Crippen LogP contribution in [0.25, 0.3) is 10.8 Å². The van der Waals surface area contributed by atoms with Crippen LogP contribution in [0.1, 0.15) is 18.4 Å². The summed E-state index contributed by atoms with van der Waals surface area (Å²) in [4.78, 5) is 23.1. The van der Waals surface area contributed by atoms with Crippen molar-refractivity contribution < 1.29 is 14.3 Å². The zero-order valence-corrected chi connectivity index (χ0v) is 12.1. The number of primary amides is 1. The molecule has 1 heterocycles. The Balaban J connectivity index is 1.59. The number of hydrogen-bond donors (Lipinski definition) is 2. The van der Waals surface area contributed by atoms with Crippen LogP contribution in [0.4, 0.5) is 0 Å². The monoisotopic (exact) mass is 298 g/mol. The molecule has 0 unspecified atom stereocenters. The first kappa shape index (κ1) is 14.5. The second kappa shape index (κ2) is 6.15. The van der Waals surface area contributed by atoms with Gasteiger partial charge in [-0.05, 0) is 35.2 Å². The van der Waals surface area contributed by atoms with Crippen LogP contribution in [0.5, 0.6) is 0 Å². The van der Waals surface area contributed by atoms with Crippen LogP contribution in [0.2, 0.25) is 0 Å². The fourth-order valence-corrected chi connectivity index (χ4v) is 2.69. The maximum absolute atomic E-state index is 12.1. The molecule has 1 fully saturated rings. The van der Waals surface area contributed by atoms with Gasteiger partial charge in [-0.3, -0.25) is 9.59 Å². The number of benzene rings is 2. The Labute approximate surface area is 128 Å². The molecule has 1 aliphatic rings. The standard InChI is InChI=1S/C17H18N2O3/c18-16(20)14-7-8-15(22-14)17(21)19-10-11-5-6-12-3-1-2-4-13(12)9-11/h1-6,9,14-15H,7-8,10H2,(H2,18,20)(H,19,21)/t14-,15-/m1/s1. The van der Waals surface area contributed by atoms with E-state index in [0.717, 1.165) is 10.9 Å². The first-order valence-corrected chi connectivity index (χ1v) is 7.33. The van der Waals surface area contributed by atoms with E-state index in [1.807, 2.05) is 36.4 Å². The first-order valence-electron chi connectivity index (χ1n) is 7.33. The summed E-state index contributed by atoms with van der Waals surface area (Å²) in [5.74, 6) is -0.707. The number of amides is 2. The quantitative estimate of drug-likeness (QED) is 0.897. The van der Waals surface area contributed by atoms with Gasteiger partial charge in [0, 0.05) is 6.54 Å². The molecule has 2 amide bonds.